The SMILES string of the molecule is O=C(CCC1CCCNCC1)c1cccnc1. The molecule has 1 aliphatic rings. The first-order valence-corrected chi connectivity index (χ1v) is 6.50. The maximum absolute atomic E-state index is 11.9. The van der Waals surface area contributed by atoms with Crippen molar-refractivity contribution in [2.24, 2.45) is 5.92 Å². The minimum Gasteiger partial charge on any atom is -0.317 e. The zero-order chi connectivity index (χ0) is 11.9. The zero-order valence-corrected chi connectivity index (χ0v) is 10.2. The van der Waals surface area contributed by atoms with Crippen LogP contribution in [0.4, 0.5) is 0 Å². The van der Waals surface area contributed by atoms with Gasteiger partial charge in [-0.1, -0.05) is 0 Å². The lowest BCUT2D eigenvalue weighted by Crippen LogP contribution is -2.14. The number of Topliss-reactive ketones (excluding diaryl/α,β-unsaturated/α-hetero) is 1. The van der Waals surface area contributed by atoms with Crippen LogP contribution in [0.1, 0.15) is 42.5 Å². The van der Waals surface area contributed by atoms with E-state index in [9.17, 15) is 4.79 Å². The van der Waals surface area contributed by atoms with Crippen molar-refractivity contribution in [2.75, 3.05) is 13.1 Å². The average Bonchev–Trinajstić information content (AvgIpc) is 2.65. The Bertz CT molecular complexity index is 342. The van der Waals surface area contributed by atoms with E-state index in [1.807, 2.05) is 12.1 Å². The van der Waals surface area contributed by atoms with E-state index >= 15 is 0 Å². The van der Waals surface area contributed by atoms with E-state index in [4.69, 9.17) is 0 Å². The molecule has 1 unspecified atom stereocenters. The molecule has 1 atom stereocenters. The first-order valence-electron chi connectivity index (χ1n) is 6.50. The van der Waals surface area contributed by atoms with Crippen molar-refractivity contribution >= 4 is 5.78 Å². The molecule has 3 heteroatoms. The number of aromatic nitrogens is 1. The number of pyridine rings is 1. The van der Waals surface area contributed by atoms with Crippen LogP contribution in [0.2, 0.25) is 0 Å². The normalized spacial score (nSPS) is 20.8. The summed E-state index contributed by atoms with van der Waals surface area (Å²) in [6, 6.07) is 3.67. The van der Waals surface area contributed by atoms with Gasteiger partial charge in [-0.15, -0.1) is 0 Å². The molecule has 1 aliphatic heterocycles. The van der Waals surface area contributed by atoms with Crippen molar-refractivity contribution in [2.45, 2.75) is 32.1 Å². The van der Waals surface area contributed by atoms with E-state index in [2.05, 4.69) is 10.3 Å². The summed E-state index contributed by atoms with van der Waals surface area (Å²) in [5.41, 5.74) is 0.749. The highest BCUT2D eigenvalue weighted by Crippen LogP contribution is 2.20. The number of ketones is 1. The van der Waals surface area contributed by atoms with Crippen molar-refractivity contribution in [1.82, 2.24) is 10.3 Å². The van der Waals surface area contributed by atoms with Gasteiger partial charge in [0.25, 0.3) is 0 Å². The number of nitrogens with one attached hydrogen (secondary N) is 1. The van der Waals surface area contributed by atoms with E-state index in [1.165, 1.54) is 19.3 Å². The molecule has 0 aliphatic carbocycles. The van der Waals surface area contributed by atoms with Crippen LogP contribution < -0.4 is 5.32 Å². The van der Waals surface area contributed by atoms with Gasteiger partial charge in [-0.05, 0) is 56.8 Å². The van der Waals surface area contributed by atoms with Gasteiger partial charge in [0.1, 0.15) is 0 Å². The summed E-state index contributed by atoms with van der Waals surface area (Å²) in [5, 5.41) is 3.40. The average molecular weight is 232 g/mol. The first kappa shape index (κ1) is 12.2. The maximum atomic E-state index is 11.9. The van der Waals surface area contributed by atoms with Crippen molar-refractivity contribution in [3.05, 3.63) is 30.1 Å². The summed E-state index contributed by atoms with van der Waals surface area (Å²) in [7, 11) is 0. The highest BCUT2D eigenvalue weighted by Gasteiger charge is 2.14. The Morgan fingerprint density at radius 3 is 3.18 bits per heavy atom. The highest BCUT2D eigenvalue weighted by molar-refractivity contribution is 5.95. The molecule has 1 saturated heterocycles. The molecular weight excluding hydrogens is 212 g/mol. The topological polar surface area (TPSA) is 42.0 Å². The van der Waals surface area contributed by atoms with E-state index in [1.54, 1.807) is 12.4 Å². The first-order chi connectivity index (χ1) is 8.36. The standard InChI is InChI=1S/C14H20N2O/c17-14(13-4-2-9-16-11-13)6-5-12-3-1-8-15-10-7-12/h2,4,9,11-12,15H,1,3,5-8,10H2. The summed E-state index contributed by atoms with van der Waals surface area (Å²) in [6.07, 6.45) is 8.76. The molecule has 92 valence electrons. The van der Waals surface area contributed by atoms with Crippen molar-refractivity contribution in [1.29, 1.82) is 0 Å². The molecular formula is C14H20N2O. The molecule has 2 rings (SSSR count). The van der Waals surface area contributed by atoms with Gasteiger partial charge in [-0.2, -0.15) is 0 Å². The zero-order valence-electron chi connectivity index (χ0n) is 10.2. The molecule has 0 bridgehead atoms. The number of carbonyl (C=O) groups is 1. The number of carbonyl (C=O) groups excluding carboxylic acids is 1. The second kappa shape index (κ2) is 6.50. The number of nitrogens with zero attached hydrogens (tertiary/aromatic N) is 1. The van der Waals surface area contributed by atoms with E-state index in [-0.39, 0.29) is 5.78 Å². The molecule has 0 spiro atoms. The van der Waals surface area contributed by atoms with Crippen molar-refractivity contribution in [3.63, 3.8) is 0 Å². The van der Waals surface area contributed by atoms with Gasteiger partial charge in [0.15, 0.2) is 5.78 Å². The summed E-state index contributed by atoms with van der Waals surface area (Å²) in [4.78, 5) is 15.9. The predicted octanol–water partition coefficient (Wildman–Crippen LogP) is 2.43. The minimum atomic E-state index is 0.232. The van der Waals surface area contributed by atoms with Gasteiger partial charge < -0.3 is 5.32 Å². The Hall–Kier alpha value is -1.22. The Balaban J connectivity index is 1.79. The molecule has 1 aromatic rings. The van der Waals surface area contributed by atoms with Gasteiger partial charge in [-0.25, -0.2) is 0 Å². The van der Waals surface area contributed by atoms with Gasteiger partial charge >= 0.3 is 0 Å². The molecule has 3 nitrogen and oxygen atoms in total. The molecule has 1 fully saturated rings. The van der Waals surface area contributed by atoms with Crippen LogP contribution in [0.15, 0.2) is 24.5 Å². The monoisotopic (exact) mass is 232 g/mol. The third kappa shape index (κ3) is 3.93. The van der Waals surface area contributed by atoms with Crippen LogP contribution in [0, 0.1) is 5.92 Å². The van der Waals surface area contributed by atoms with E-state index in [0.29, 0.717) is 12.3 Å². The Morgan fingerprint density at radius 1 is 1.41 bits per heavy atom. The quantitative estimate of drug-likeness (QED) is 0.811. The summed E-state index contributed by atoms with van der Waals surface area (Å²) in [6.45, 7) is 2.23. The van der Waals surface area contributed by atoms with Gasteiger partial charge in [0.05, 0.1) is 0 Å². The van der Waals surface area contributed by atoms with E-state index < -0.39 is 0 Å². The van der Waals surface area contributed by atoms with Gasteiger partial charge in [-0.3, -0.25) is 9.78 Å². The molecule has 0 aromatic carbocycles. The fourth-order valence-electron chi connectivity index (χ4n) is 2.39. The fourth-order valence-corrected chi connectivity index (χ4v) is 2.39. The van der Waals surface area contributed by atoms with Crippen molar-refractivity contribution < 1.29 is 4.79 Å². The van der Waals surface area contributed by atoms with Gasteiger partial charge in [0, 0.05) is 24.4 Å². The van der Waals surface area contributed by atoms with Crippen LogP contribution in [0.3, 0.4) is 0 Å². The lowest BCUT2D eigenvalue weighted by Gasteiger charge is -2.12. The maximum Gasteiger partial charge on any atom is 0.164 e. The fraction of sp³-hybridized carbons (Fsp3) is 0.571. The number of rotatable bonds is 4. The molecule has 2 heterocycles. The third-order valence-corrected chi connectivity index (χ3v) is 3.46. The van der Waals surface area contributed by atoms with E-state index in [0.717, 1.165) is 25.1 Å². The third-order valence-electron chi connectivity index (χ3n) is 3.46. The smallest absolute Gasteiger partial charge is 0.164 e. The second-order valence-corrected chi connectivity index (χ2v) is 4.75. The second-order valence-electron chi connectivity index (χ2n) is 4.75. The Kier molecular flexibility index (Phi) is 4.68. The Labute approximate surface area is 103 Å². The molecule has 1 N–H and O–H groups in total. The van der Waals surface area contributed by atoms with Crippen LogP contribution in [-0.4, -0.2) is 23.9 Å². The molecule has 0 saturated carbocycles. The number of hydrogen-bond acceptors (Lipinski definition) is 3. The Morgan fingerprint density at radius 2 is 2.35 bits per heavy atom. The lowest BCUT2D eigenvalue weighted by atomic mass is 9.93. The van der Waals surface area contributed by atoms with Crippen LogP contribution in [0.5, 0.6) is 0 Å². The largest absolute Gasteiger partial charge is 0.317 e. The summed E-state index contributed by atoms with van der Waals surface area (Å²) < 4.78 is 0. The number of hydrogen-bond donors (Lipinski definition) is 1. The molecule has 0 radical (unpaired) electrons. The van der Waals surface area contributed by atoms with Crippen LogP contribution in [0.25, 0.3) is 0 Å². The minimum absolute atomic E-state index is 0.232. The summed E-state index contributed by atoms with van der Waals surface area (Å²) in [5.74, 6) is 0.945. The van der Waals surface area contributed by atoms with Gasteiger partial charge in [0.2, 0.25) is 0 Å². The summed E-state index contributed by atoms with van der Waals surface area (Å²) >= 11 is 0. The molecule has 0 amide bonds. The lowest BCUT2D eigenvalue weighted by molar-refractivity contribution is 0.0972. The van der Waals surface area contributed by atoms with Crippen LogP contribution in [-0.2, 0) is 0 Å². The predicted molar refractivity (Wildman–Crippen MR) is 68.0 cm³/mol. The van der Waals surface area contributed by atoms with Crippen LogP contribution >= 0.6 is 0 Å². The molecule has 17 heavy (non-hydrogen) atoms. The highest BCUT2D eigenvalue weighted by atomic mass is 16.1. The van der Waals surface area contributed by atoms with Crippen molar-refractivity contribution in [3.8, 4) is 0 Å². The molecule has 1 aromatic heterocycles.